The monoisotopic (exact) mass is 409 g/mol. The summed E-state index contributed by atoms with van der Waals surface area (Å²) in [6.45, 7) is 0.103. The summed E-state index contributed by atoms with van der Waals surface area (Å²) in [5, 5.41) is 0.331. The minimum atomic E-state index is -3.90. The highest BCUT2D eigenvalue weighted by atomic mass is 79.9. The summed E-state index contributed by atoms with van der Waals surface area (Å²) >= 11 is 15.1. The topological polar surface area (TPSA) is 85.1 Å². The van der Waals surface area contributed by atoms with Gasteiger partial charge in [-0.15, -0.1) is 0 Å². The SMILES string of the molecule is NCc1cc(S(=O)(=O)Nc2ncccc2Br)c(Cl)cc1Cl. The molecule has 1 aromatic heterocycles. The summed E-state index contributed by atoms with van der Waals surface area (Å²) in [6.07, 6.45) is 1.47. The molecule has 1 aromatic carbocycles. The van der Waals surface area contributed by atoms with E-state index in [1.54, 1.807) is 12.1 Å². The second-order valence-corrected chi connectivity index (χ2v) is 7.34. The van der Waals surface area contributed by atoms with Crippen LogP contribution in [0.5, 0.6) is 0 Å². The number of nitrogens with two attached hydrogens (primary N) is 1. The molecule has 0 aliphatic heterocycles. The third kappa shape index (κ3) is 3.67. The van der Waals surface area contributed by atoms with E-state index in [-0.39, 0.29) is 22.3 Å². The molecular formula is C12H10BrCl2N3O2S. The molecule has 0 aliphatic rings. The molecule has 0 amide bonds. The maximum absolute atomic E-state index is 12.4. The first-order valence-corrected chi connectivity index (χ1v) is 8.69. The molecule has 0 saturated carbocycles. The molecule has 0 radical (unpaired) electrons. The first kappa shape index (κ1) is 16.5. The molecule has 0 aliphatic carbocycles. The quantitative estimate of drug-likeness (QED) is 0.808. The summed E-state index contributed by atoms with van der Waals surface area (Å²) < 4.78 is 27.7. The highest BCUT2D eigenvalue weighted by molar-refractivity contribution is 9.10. The number of nitrogens with one attached hydrogen (secondary N) is 1. The fourth-order valence-electron chi connectivity index (χ4n) is 1.58. The number of nitrogens with zero attached hydrogens (tertiary/aromatic N) is 1. The molecule has 2 aromatic rings. The Labute approximate surface area is 140 Å². The Kier molecular flexibility index (Phi) is 5.11. The van der Waals surface area contributed by atoms with Crippen LogP contribution >= 0.6 is 39.1 Å². The van der Waals surface area contributed by atoms with Crippen molar-refractivity contribution in [3.8, 4) is 0 Å². The molecule has 0 unspecified atom stereocenters. The lowest BCUT2D eigenvalue weighted by molar-refractivity contribution is 0.601. The maximum Gasteiger partial charge on any atom is 0.264 e. The third-order valence-electron chi connectivity index (χ3n) is 2.60. The van der Waals surface area contributed by atoms with Crippen molar-refractivity contribution in [2.45, 2.75) is 11.4 Å². The van der Waals surface area contributed by atoms with E-state index in [0.29, 0.717) is 15.1 Å². The van der Waals surface area contributed by atoms with E-state index in [1.165, 1.54) is 18.3 Å². The molecule has 0 fully saturated rings. The van der Waals surface area contributed by atoms with Gasteiger partial charge >= 0.3 is 0 Å². The number of halogens is 3. The predicted molar refractivity (Wildman–Crippen MR) is 87.1 cm³/mol. The van der Waals surface area contributed by atoms with E-state index < -0.39 is 10.0 Å². The zero-order valence-corrected chi connectivity index (χ0v) is 14.4. The lowest BCUT2D eigenvalue weighted by Crippen LogP contribution is -2.15. The fraction of sp³-hybridized carbons (Fsp3) is 0.0833. The zero-order chi connectivity index (χ0) is 15.6. The fourth-order valence-corrected chi connectivity index (χ4v) is 3.97. The maximum atomic E-state index is 12.4. The molecule has 5 nitrogen and oxygen atoms in total. The largest absolute Gasteiger partial charge is 0.326 e. The van der Waals surface area contributed by atoms with Gasteiger partial charge in [-0.2, -0.15) is 0 Å². The lowest BCUT2D eigenvalue weighted by Gasteiger charge is -2.12. The average Bonchev–Trinajstić information content (AvgIpc) is 2.41. The molecule has 0 saturated heterocycles. The zero-order valence-electron chi connectivity index (χ0n) is 10.5. The minimum absolute atomic E-state index is 0.0109. The Balaban J connectivity index is 2.47. The van der Waals surface area contributed by atoms with E-state index in [2.05, 4.69) is 25.6 Å². The molecule has 21 heavy (non-hydrogen) atoms. The first-order chi connectivity index (χ1) is 9.85. The van der Waals surface area contributed by atoms with Crippen LogP contribution in [0.15, 0.2) is 39.8 Å². The molecule has 2 rings (SSSR count). The highest BCUT2D eigenvalue weighted by Crippen LogP contribution is 2.30. The van der Waals surface area contributed by atoms with Gasteiger partial charge in [-0.1, -0.05) is 23.2 Å². The van der Waals surface area contributed by atoms with Crippen LogP contribution in [0.1, 0.15) is 5.56 Å². The van der Waals surface area contributed by atoms with Crippen molar-refractivity contribution in [1.82, 2.24) is 4.98 Å². The van der Waals surface area contributed by atoms with Gasteiger partial charge in [0, 0.05) is 17.8 Å². The van der Waals surface area contributed by atoms with Crippen LogP contribution < -0.4 is 10.5 Å². The predicted octanol–water partition coefficient (Wildman–Crippen LogP) is 3.41. The van der Waals surface area contributed by atoms with Crippen LogP contribution in [-0.2, 0) is 16.6 Å². The van der Waals surface area contributed by atoms with Crippen molar-refractivity contribution >= 4 is 55.0 Å². The number of rotatable bonds is 4. The number of sulfonamides is 1. The summed E-state index contributed by atoms with van der Waals surface area (Å²) in [7, 11) is -3.90. The molecule has 9 heteroatoms. The Morgan fingerprint density at radius 1 is 1.29 bits per heavy atom. The van der Waals surface area contributed by atoms with Gasteiger partial charge < -0.3 is 5.73 Å². The van der Waals surface area contributed by atoms with E-state index in [0.717, 1.165) is 0 Å². The number of hydrogen-bond donors (Lipinski definition) is 2. The van der Waals surface area contributed by atoms with Crippen molar-refractivity contribution in [2.75, 3.05) is 4.72 Å². The standard InChI is InChI=1S/C12H10BrCl2N3O2S/c13-8-2-1-3-17-12(8)18-21(19,20)11-4-7(6-16)9(14)5-10(11)15/h1-5H,6,16H2,(H,17,18). The normalized spacial score (nSPS) is 11.4. The second kappa shape index (κ2) is 6.50. The highest BCUT2D eigenvalue weighted by Gasteiger charge is 2.21. The van der Waals surface area contributed by atoms with Gasteiger partial charge in [-0.3, -0.25) is 4.72 Å². The van der Waals surface area contributed by atoms with Crippen LogP contribution in [0.2, 0.25) is 10.0 Å². The van der Waals surface area contributed by atoms with E-state index in [4.69, 9.17) is 28.9 Å². The van der Waals surface area contributed by atoms with Crippen molar-refractivity contribution in [3.05, 3.63) is 50.5 Å². The smallest absolute Gasteiger partial charge is 0.264 e. The molecule has 0 bridgehead atoms. The van der Waals surface area contributed by atoms with Crippen LogP contribution in [0.3, 0.4) is 0 Å². The van der Waals surface area contributed by atoms with E-state index >= 15 is 0 Å². The van der Waals surface area contributed by atoms with Gasteiger partial charge in [0.1, 0.15) is 4.90 Å². The first-order valence-electron chi connectivity index (χ1n) is 5.66. The number of aromatic nitrogens is 1. The molecule has 0 spiro atoms. The van der Waals surface area contributed by atoms with Crippen molar-refractivity contribution in [3.63, 3.8) is 0 Å². The van der Waals surface area contributed by atoms with Gasteiger partial charge in [0.15, 0.2) is 5.82 Å². The number of hydrogen-bond acceptors (Lipinski definition) is 4. The summed E-state index contributed by atoms with van der Waals surface area (Å²) in [4.78, 5) is 3.84. The Morgan fingerprint density at radius 2 is 2.00 bits per heavy atom. The van der Waals surface area contributed by atoms with Crippen LogP contribution in [0.25, 0.3) is 0 Å². The number of anilines is 1. The van der Waals surface area contributed by atoms with Gasteiger partial charge in [-0.25, -0.2) is 13.4 Å². The molecule has 1 heterocycles. The molecular weight excluding hydrogens is 401 g/mol. The Bertz CT molecular complexity index is 784. The van der Waals surface area contributed by atoms with Gasteiger partial charge in [0.2, 0.25) is 0 Å². The Morgan fingerprint density at radius 3 is 2.62 bits per heavy atom. The summed E-state index contributed by atoms with van der Waals surface area (Å²) in [6, 6.07) is 6.04. The van der Waals surface area contributed by atoms with E-state index in [9.17, 15) is 8.42 Å². The van der Waals surface area contributed by atoms with Gasteiger partial charge in [0.25, 0.3) is 10.0 Å². The molecule has 3 N–H and O–H groups in total. The lowest BCUT2D eigenvalue weighted by atomic mass is 10.2. The molecule has 112 valence electrons. The third-order valence-corrected chi connectivity index (χ3v) is 5.40. The van der Waals surface area contributed by atoms with Gasteiger partial charge in [-0.05, 0) is 45.8 Å². The van der Waals surface area contributed by atoms with Crippen molar-refractivity contribution < 1.29 is 8.42 Å². The average molecular weight is 411 g/mol. The number of pyridine rings is 1. The van der Waals surface area contributed by atoms with Crippen LogP contribution in [-0.4, -0.2) is 13.4 Å². The summed E-state index contributed by atoms with van der Waals surface area (Å²) in [5.74, 6) is 0.165. The van der Waals surface area contributed by atoms with Crippen LogP contribution in [0, 0.1) is 0 Å². The van der Waals surface area contributed by atoms with Gasteiger partial charge in [0.05, 0.1) is 9.50 Å². The molecule has 0 atom stereocenters. The summed E-state index contributed by atoms with van der Waals surface area (Å²) in [5.41, 5.74) is 6.01. The van der Waals surface area contributed by atoms with Crippen molar-refractivity contribution in [1.29, 1.82) is 0 Å². The van der Waals surface area contributed by atoms with E-state index in [1.807, 2.05) is 0 Å². The number of benzene rings is 1. The van der Waals surface area contributed by atoms with Crippen molar-refractivity contribution in [2.24, 2.45) is 5.73 Å². The van der Waals surface area contributed by atoms with Crippen LogP contribution in [0.4, 0.5) is 5.82 Å². The minimum Gasteiger partial charge on any atom is -0.326 e. The Hall–Kier alpha value is -0.860. The second-order valence-electron chi connectivity index (χ2n) is 4.02.